The van der Waals surface area contributed by atoms with E-state index < -0.39 is 15.9 Å². The maximum absolute atomic E-state index is 12.8. The van der Waals surface area contributed by atoms with Crippen molar-refractivity contribution in [2.75, 3.05) is 13.7 Å². The lowest BCUT2D eigenvalue weighted by molar-refractivity contribution is 0.0997. The number of carbonyl (C=O) groups is 1. The third-order valence-electron chi connectivity index (χ3n) is 3.59. The summed E-state index contributed by atoms with van der Waals surface area (Å²) in [6.45, 7) is 0.206. The van der Waals surface area contributed by atoms with E-state index in [-0.39, 0.29) is 28.6 Å². The standard InChI is InChI=1S/C17H19FN2O4S/c1-24-16-9-8-14(11-15(16)17(19)21)25(22,23)20-10-2-3-12-4-6-13(18)7-5-12/h4-9,11,20H,2-3,10H2,1H3,(H2,19,21). The molecule has 0 saturated carbocycles. The summed E-state index contributed by atoms with van der Waals surface area (Å²) in [7, 11) is -2.41. The van der Waals surface area contributed by atoms with Crippen LogP contribution >= 0.6 is 0 Å². The van der Waals surface area contributed by atoms with Gasteiger partial charge in [-0.1, -0.05) is 12.1 Å². The lowest BCUT2D eigenvalue weighted by atomic mass is 10.1. The van der Waals surface area contributed by atoms with E-state index >= 15 is 0 Å². The number of nitrogens with two attached hydrogens (primary N) is 1. The van der Waals surface area contributed by atoms with Crippen LogP contribution in [0.3, 0.4) is 0 Å². The molecule has 0 heterocycles. The largest absolute Gasteiger partial charge is 0.496 e. The van der Waals surface area contributed by atoms with Crippen molar-refractivity contribution in [3.63, 3.8) is 0 Å². The Kier molecular flexibility index (Phi) is 6.11. The van der Waals surface area contributed by atoms with Gasteiger partial charge in [-0.2, -0.15) is 0 Å². The van der Waals surface area contributed by atoms with Gasteiger partial charge in [-0.25, -0.2) is 17.5 Å². The van der Waals surface area contributed by atoms with Crippen molar-refractivity contribution >= 4 is 15.9 Å². The fourth-order valence-electron chi connectivity index (χ4n) is 2.28. The lowest BCUT2D eigenvalue weighted by Crippen LogP contribution is -2.25. The van der Waals surface area contributed by atoms with Crippen LogP contribution in [-0.4, -0.2) is 28.0 Å². The number of nitrogens with one attached hydrogen (secondary N) is 1. The molecule has 1 amide bonds. The zero-order valence-corrected chi connectivity index (χ0v) is 14.5. The van der Waals surface area contributed by atoms with Crippen molar-refractivity contribution < 1.29 is 22.3 Å². The van der Waals surface area contributed by atoms with Gasteiger partial charge >= 0.3 is 0 Å². The highest BCUT2D eigenvalue weighted by Crippen LogP contribution is 2.22. The Morgan fingerprint density at radius 2 is 1.88 bits per heavy atom. The van der Waals surface area contributed by atoms with Crippen LogP contribution in [0.1, 0.15) is 22.3 Å². The van der Waals surface area contributed by atoms with E-state index in [1.54, 1.807) is 12.1 Å². The van der Waals surface area contributed by atoms with Gasteiger partial charge in [-0.05, 0) is 48.7 Å². The molecule has 0 aliphatic carbocycles. The Morgan fingerprint density at radius 3 is 2.48 bits per heavy atom. The maximum Gasteiger partial charge on any atom is 0.252 e. The first-order chi connectivity index (χ1) is 11.8. The number of sulfonamides is 1. The third kappa shape index (κ3) is 5.01. The summed E-state index contributed by atoms with van der Waals surface area (Å²) in [6.07, 6.45) is 1.15. The van der Waals surface area contributed by atoms with Crippen LogP contribution in [0.25, 0.3) is 0 Å². The van der Waals surface area contributed by atoms with Crippen LogP contribution in [0.5, 0.6) is 5.75 Å². The number of benzene rings is 2. The molecule has 2 aromatic carbocycles. The van der Waals surface area contributed by atoms with Gasteiger partial charge < -0.3 is 10.5 Å². The first-order valence-corrected chi connectivity index (χ1v) is 9.04. The van der Waals surface area contributed by atoms with Gasteiger partial charge in [-0.15, -0.1) is 0 Å². The fraction of sp³-hybridized carbons (Fsp3) is 0.235. The predicted molar refractivity (Wildman–Crippen MR) is 91.4 cm³/mol. The SMILES string of the molecule is COc1ccc(S(=O)(=O)NCCCc2ccc(F)cc2)cc1C(N)=O. The van der Waals surface area contributed by atoms with Crippen molar-refractivity contribution in [2.45, 2.75) is 17.7 Å². The van der Waals surface area contributed by atoms with Gasteiger partial charge in [0.25, 0.3) is 5.91 Å². The number of amides is 1. The van der Waals surface area contributed by atoms with E-state index in [0.717, 1.165) is 5.56 Å². The summed E-state index contributed by atoms with van der Waals surface area (Å²) >= 11 is 0. The number of aryl methyl sites for hydroxylation is 1. The molecular formula is C17H19FN2O4S. The molecule has 6 nitrogen and oxygen atoms in total. The van der Waals surface area contributed by atoms with Crippen LogP contribution in [-0.2, 0) is 16.4 Å². The highest BCUT2D eigenvalue weighted by atomic mass is 32.2. The van der Waals surface area contributed by atoms with Crippen LogP contribution < -0.4 is 15.2 Å². The molecule has 2 aromatic rings. The van der Waals surface area contributed by atoms with E-state index in [4.69, 9.17) is 10.5 Å². The first-order valence-electron chi connectivity index (χ1n) is 7.55. The molecule has 25 heavy (non-hydrogen) atoms. The summed E-state index contributed by atoms with van der Waals surface area (Å²) in [6, 6.07) is 9.95. The van der Waals surface area contributed by atoms with E-state index in [1.165, 1.54) is 37.4 Å². The number of halogens is 1. The quantitative estimate of drug-likeness (QED) is 0.697. The second kappa shape index (κ2) is 8.09. The number of hydrogen-bond acceptors (Lipinski definition) is 4. The predicted octanol–water partition coefficient (Wildman–Crippen LogP) is 1.84. The van der Waals surface area contributed by atoms with Crippen molar-refractivity contribution in [2.24, 2.45) is 5.73 Å². The minimum Gasteiger partial charge on any atom is -0.496 e. The number of ether oxygens (including phenoxy) is 1. The molecule has 0 fully saturated rings. The van der Waals surface area contributed by atoms with Crippen LogP contribution in [0.2, 0.25) is 0 Å². The molecule has 0 aliphatic heterocycles. The Bertz CT molecular complexity index is 851. The smallest absolute Gasteiger partial charge is 0.252 e. The number of rotatable bonds is 8. The average molecular weight is 366 g/mol. The van der Waals surface area contributed by atoms with Gasteiger partial charge in [0.2, 0.25) is 10.0 Å². The molecule has 0 unspecified atom stereocenters. The molecule has 0 radical (unpaired) electrons. The second-order valence-corrected chi connectivity index (χ2v) is 7.12. The summed E-state index contributed by atoms with van der Waals surface area (Å²) in [5.41, 5.74) is 6.15. The van der Waals surface area contributed by atoms with E-state index in [9.17, 15) is 17.6 Å². The van der Waals surface area contributed by atoms with Crippen LogP contribution in [0.4, 0.5) is 4.39 Å². The Morgan fingerprint density at radius 1 is 1.20 bits per heavy atom. The number of hydrogen-bond donors (Lipinski definition) is 2. The Balaban J connectivity index is 2.00. The van der Waals surface area contributed by atoms with Crippen molar-refractivity contribution in [3.05, 3.63) is 59.4 Å². The first kappa shape index (κ1) is 18.9. The molecule has 3 N–H and O–H groups in total. The zero-order valence-electron chi connectivity index (χ0n) is 13.7. The highest BCUT2D eigenvalue weighted by Gasteiger charge is 2.18. The van der Waals surface area contributed by atoms with E-state index in [2.05, 4.69) is 4.72 Å². The minimum atomic E-state index is -3.78. The molecule has 0 aliphatic rings. The number of methoxy groups -OCH3 is 1. The van der Waals surface area contributed by atoms with E-state index in [1.807, 2.05) is 0 Å². The lowest BCUT2D eigenvalue weighted by Gasteiger charge is -2.10. The average Bonchev–Trinajstić information content (AvgIpc) is 2.59. The molecule has 134 valence electrons. The summed E-state index contributed by atoms with van der Waals surface area (Å²) in [5, 5.41) is 0. The highest BCUT2D eigenvalue weighted by molar-refractivity contribution is 7.89. The van der Waals surface area contributed by atoms with Gasteiger partial charge in [0.15, 0.2) is 0 Å². The molecule has 0 saturated heterocycles. The second-order valence-electron chi connectivity index (χ2n) is 5.35. The van der Waals surface area contributed by atoms with Crippen LogP contribution in [0, 0.1) is 5.82 Å². The summed E-state index contributed by atoms with van der Waals surface area (Å²) in [4.78, 5) is 11.3. The number of carbonyl (C=O) groups excluding carboxylic acids is 1. The molecule has 0 bridgehead atoms. The third-order valence-corrected chi connectivity index (χ3v) is 5.05. The molecular weight excluding hydrogens is 347 g/mol. The van der Waals surface area contributed by atoms with Gasteiger partial charge in [0.05, 0.1) is 17.6 Å². The Labute approximate surface area is 145 Å². The topological polar surface area (TPSA) is 98.5 Å². The maximum atomic E-state index is 12.8. The molecule has 0 aromatic heterocycles. The normalized spacial score (nSPS) is 11.3. The van der Waals surface area contributed by atoms with Gasteiger partial charge in [0.1, 0.15) is 11.6 Å². The summed E-state index contributed by atoms with van der Waals surface area (Å²) in [5.74, 6) is -0.873. The minimum absolute atomic E-state index is 0.00307. The zero-order chi connectivity index (χ0) is 18.4. The van der Waals surface area contributed by atoms with Crippen molar-refractivity contribution in [3.8, 4) is 5.75 Å². The van der Waals surface area contributed by atoms with Gasteiger partial charge in [-0.3, -0.25) is 4.79 Å². The number of primary amides is 1. The molecule has 8 heteroatoms. The molecule has 0 atom stereocenters. The fourth-order valence-corrected chi connectivity index (χ4v) is 3.38. The Hall–Kier alpha value is -2.45. The van der Waals surface area contributed by atoms with Crippen molar-refractivity contribution in [1.29, 1.82) is 0 Å². The van der Waals surface area contributed by atoms with Gasteiger partial charge in [0, 0.05) is 6.54 Å². The monoisotopic (exact) mass is 366 g/mol. The molecule has 0 spiro atoms. The van der Waals surface area contributed by atoms with Crippen LogP contribution in [0.15, 0.2) is 47.4 Å². The summed E-state index contributed by atoms with van der Waals surface area (Å²) < 4.78 is 44.9. The molecule has 2 rings (SSSR count). The van der Waals surface area contributed by atoms with E-state index in [0.29, 0.717) is 12.8 Å². The van der Waals surface area contributed by atoms with Crippen molar-refractivity contribution in [1.82, 2.24) is 4.72 Å².